The number of fused-ring (bicyclic) bond motifs is 2. The molecule has 0 fully saturated rings. The molecule has 4 rings (SSSR count). The topological polar surface area (TPSA) is 79.6 Å². The van der Waals surface area contributed by atoms with Crippen LogP contribution in [-0.2, 0) is 0 Å². The van der Waals surface area contributed by atoms with Crippen LogP contribution >= 0.6 is 0 Å². The molecule has 4 N–H and O–H groups in total. The van der Waals surface area contributed by atoms with Crippen LogP contribution in [0.15, 0.2) is 54.9 Å². The molecule has 0 aliphatic carbocycles. The molecule has 0 atom stereocenters. The number of nitrogens with one attached hydrogen (secondary N) is 2. The molecule has 0 radical (unpaired) electrons. The lowest BCUT2D eigenvalue weighted by atomic mass is 10.2. The Morgan fingerprint density at radius 2 is 1.67 bits per heavy atom. The Labute approximate surface area is 120 Å². The number of rotatable bonds is 2. The minimum atomic E-state index is 0.688. The van der Waals surface area contributed by atoms with Crippen LogP contribution < -0.4 is 11.1 Å². The number of benzene rings is 2. The number of H-pyrrole nitrogens is 1. The van der Waals surface area contributed by atoms with Crippen LogP contribution in [0, 0.1) is 0 Å². The lowest BCUT2D eigenvalue weighted by Crippen LogP contribution is -1.98. The molecule has 0 aliphatic heterocycles. The molecule has 0 aliphatic rings. The monoisotopic (exact) mass is 275 g/mol. The van der Waals surface area contributed by atoms with E-state index in [2.05, 4.69) is 20.3 Å². The van der Waals surface area contributed by atoms with E-state index in [9.17, 15) is 0 Å². The highest BCUT2D eigenvalue weighted by Gasteiger charge is 2.10. The maximum Gasteiger partial charge on any atom is 0.142 e. The molecular formula is C16H13N5. The maximum absolute atomic E-state index is 6.19. The van der Waals surface area contributed by atoms with Crippen LogP contribution in [0.25, 0.3) is 21.8 Å². The molecule has 2 aromatic carbocycles. The van der Waals surface area contributed by atoms with Gasteiger partial charge in [0.1, 0.15) is 18.0 Å². The average Bonchev–Trinajstić information content (AvgIpc) is 2.85. The van der Waals surface area contributed by atoms with Gasteiger partial charge in [-0.05, 0) is 18.2 Å². The molecule has 0 amide bonds. The van der Waals surface area contributed by atoms with Gasteiger partial charge in [-0.25, -0.2) is 9.97 Å². The third kappa shape index (κ3) is 1.87. The molecule has 0 unspecified atom stereocenters. The molecule has 0 saturated carbocycles. The first-order valence-electron chi connectivity index (χ1n) is 6.66. The number of anilines is 3. The fourth-order valence-electron chi connectivity index (χ4n) is 2.49. The third-order valence-corrected chi connectivity index (χ3v) is 3.53. The van der Waals surface area contributed by atoms with Crippen molar-refractivity contribution >= 4 is 39.1 Å². The van der Waals surface area contributed by atoms with Gasteiger partial charge in [0.2, 0.25) is 0 Å². The van der Waals surface area contributed by atoms with Gasteiger partial charge in [0.25, 0.3) is 0 Å². The highest BCUT2D eigenvalue weighted by molar-refractivity contribution is 6.00. The van der Waals surface area contributed by atoms with Gasteiger partial charge in [0.15, 0.2) is 0 Å². The minimum Gasteiger partial charge on any atom is -0.395 e. The first kappa shape index (κ1) is 11.7. The van der Waals surface area contributed by atoms with Gasteiger partial charge in [0, 0.05) is 16.3 Å². The molecular weight excluding hydrogens is 262 g/mol. The van der Waals surface area contributed by atoms with E-state index in [-0.39, 0.29) is 0 Å². The third-order valence-electron chi connectivity index (χ3n) is 3.53. The second kappa shape index (κ2) is 4.49. The molecule has 4 aromatic rings. The van der Waals surface area contributed by atoms with Crippen LogP contribution in [0.1, 0.15) is 0 Å². The predicted molar refractivity (Wildman–Crippen MR) is 85.5 cm³/mol. The summed E-state index contributed by atoms with van der Waals surface area (Å²) in [6, 6.07) is 15.8. The van der Waals surface area contributed by atoms with Crippen molar-refractivity contribution in [1.82, 2.24) is 15.0 Å². The van der Waals surface area contributed by atoms with Gasteiger partial charge in [-0.3, -0.25) is 0 Å². The summed E-state index contributed by atoms with van der Waals surface area (Å²) < 4.78 is 0. The first-order chi connectivity index (χ1) is 10.3. The predicted octanol–water partition coefficient (Wildman–Crippen LogP) is 3.44. The normalized spacial score (nSPS) is 11.0. The number of nitrogens with zero attached hydrogens (tertiary/aromatic N) is 2. The van der Waals surface area contributed by atoms with Crippen LogP contribution in [0.3, 0.4) is 0 Å². The van der Waals surface area contributed by atoms with Crippen molar-refractivity contribution in [3.8, 4) is 0 Å². The fraction of sp³-hybridized carbons (Fsp3) is 0. The number of para-hydroxylation sites is 2. The Hall–Kier alpha value is -3.08. The Morgan fingerprint density at radius 1 is 0.905 bits per heavy atom. The molecule has 0 spiro atoms. The lowest BCUT2D eigenvalue weighted by Gasteiger charge is -2.07. The zero-order valence-corrected chi connectivity index (χ0v) is 11.2. The molecule has 102 valence electrons. The van der Waals surface area contributed by atoms with Gasteiger partial charge in [-0.15, -0.1) is 0 Å². The second-order valence-electron chi connectivity index (χ2n) is 4.82. The summed E-state index contributed by atoms with van der Waals surface area (Å²) in [5, 5.41) is 5.23. The van der Waals surface area contributed by atoms with Gasteiger partial charge >= 0.3 is 0 Å². The summed E-state index contributed by atoms with van der Waals surface area (Å²) in [5.74, 6) is 1.49. The number of aromatic nitrogens is 3. The van der Waals surface area contributed by atoms with Crippen molar-refractivity contribution in [3.63, 3.8) is 0 Å². The van der Waals surface area contributed by atoms with E-state index in [1.807, 2.05) is 48.5 Å². The van der Waals surface area contributed by atoms with E-state index in [1.54, 1.807) is 6.33 Å². The molecule has 5 nitrogen and oxygen atoms in total. The van der Waals surface area contributed by atoms with Crippen molar-refractivity contribution in [1.29, 1.82) is 0 Å². The van der Waals surface area contributed by atoms with E-state index in [0.29, 0.717) is 5.69 Å². The highest BCUT2D eigenvalue weighted by atomic mass is 15.1. The van der Waals surface area contributed by atoms with Crippen molar-refractivity contribution in [2.45, 2.75) is 0 Å². The summed E-state index contributed by atoms with van der Waals surface area (Å²) in [5.41, 5.74) is 8.77. The van der Waals surface area contributed by atoms with E-state index in [0.717, 1.165) is 33.4 Å². The summed E-state index contributed by atoms with van der Waals surface area (Å²) >= 11 is 0. The number of hydrogen-bond donors (Lipinski definition) is 3. The fourth-order valence-corrected chi connectivity index (χ4v) is 2.49. The zero-order valence-electron chi connectivity index (χ0n) is 11.2. The second-order valence-corrected chi connectivity index (χ2v) is 4.82. The average molecular weight is 275 g/mol. The van der Waals surface area contributed by atoms with E-state index < -0.39 is 0 Å². The SMILES string of the molecule is Nc1c(Nc2ncnc3ccccc23)[nH]c2ccccc12. The van der Waals surface area contributed by atoms with Crippen molar-refractivity contribution in [2.24, 2.45) is 0 Å². The van der Waals surface area contributed by atoms with Crippen LogP contribution in [0.5, 0.6) is 0 Å². The van der Waals surface area contributed by atoms with Gasteiger partial charge in [-0.2, -0.15) is 0 Å². The van der Waals surface area contributed by atoms with Gasteiger partial charge < -0.3 is 16.0 Å². The number of hydrogen-bond acceptors (Lipinski definition) is 4. The maximum atomic E-state index is 6.19. The summed E-state index contributed by atoms with van der Waals surface area (Å²) in [6.45, 7) is 0. The summed E-state index contributed by atoms with van der Waals surface area (Å²) in [4.78, 5) is 11.9. The zero-order chi connectivity index (χ0) is 14.2. The molecule has 0 saturated heterocycles. The van der Waals surface area contributed by atoms with Crippen LogP contribution in [0.2, 0.25) is 0 Å². The largest absolute Gasteiger partial charge is 0.395 e. The van der Waals surface area contributed by atoms with Crippen molar-refractivity contribution < 1.29 is 0 Å². The Bertz CT molecular complexity index is 936. The minimum absolute atomic E-state index is 0.688. The van der Waals surface area contributed by atoms with E-state index in [1.165, 1.54) is 0 Å². The first-order valence-corrected chi connectivity index (χ1v) is 6.66. The Morgan fingerprint density at radius 3 is 2.52 bits per heavy atom. The summed E-state index contributed by atoms with van der Waals surface area (Å²) in [6.07, 6.45) is 1.55. The van der Waals surface area contributed by atoms with Crippen LogP contribution in [-0.4, -0.2) is 15.0 Å². The number of nitrogen functional groups attached to an aromatic ring is 1. The smallest absolute Gasteiger partial charge is 0.142 e. The van der Waals surface area contributed by atoms with Gasteiger partial charge in [0.05, 0.1) is 11.2 Å². The molecule has 2 aromatic heterocycles. The van der Waals surface area contributed by atoms with E-state index >= 15 is 0 Å². The van der Waals surface area contributed by atoms with Crippen molar-refractivity contribution in [2.75, 3.05) is 11.1 Å². The molecule has 0 bridgehead atoms. The number of nitrogens with two attached hydrogens (primary N) is 1. The number of aromatic amines is 1. The molecule has 21 heavy (non-hydrogen) atoms. The van der Waals surface area contributed by atoms with E-state index in [4.69, 9.17) is 5.73 Å². The van der Waals surface area contributed by atoms with Crippen LogP contribution in [0.4, 0.5) is 17.3 Å². The summed E-state index contributed by atoms with van der Waals surface area (Å²) in [7, 11) is 0. The highest BCUT2D eigenvalue weighted by Crippen LogP contribution is 2.31. The Kier molecular flexibility index (Phi) is 2.50. The quantitative estimate of drug-likeness (QED) is 0.523. The lowest BCUT2D eigenvalue weighted by molar-refractivity contribution is 1.21. The standard InChI is InChI=1S/C16H13N5/c17-14-10-5-1-4-8-13(10)20-16(14)21-15-11-6-2-3-7-12(11)18-9-19-15/h1-9,20H,17H2,(H,18,19,21). The molecule has 5 heteroatoms. The van der Waals surface area contributed by atoms with Gasteiger partial charge in [-0.1, -0.05) is 30.3 Å². The van der Waals surface area contributed by atoms with Crippen molar-refractivity contribution in [3.05, 3.63) is 54.9 Å². The Balaban J connectivity index is 1.85. The molecule has 2 heterocycles.